The number of anilines is 1. The molecule has 5 heteroatoms. The van der Waals surface area contributed by atoms with Crippen molar-refractivity contribution in [2.45, 2.75) is 19.9 Å². The maximum atomic E-state index is 12.0. The number of hydrogen-bond acceptors (Lipinski definition) is 4. The van der Waals surface area contributed by atoms with Gasteiger partial charge >= 0.3 is 5.97 Å². The van der Waals surface area contributed by atoms with Gasteiger partial charge in [-0.3, -0.25) is 4.79 Å². The van der Waals surface area contributed by atoms with Crippen LogP contribution in [-0.4, -0.2) is 28.7 Å². The summed E-state index contributed by atoms with van der Waals surface area (Å²) < 4.78 is 7.23. The third-order valence-corrected chi connectivity index (χ3v) is 3.65. The molecule has 2 aromatic rings. The normalized spacial score (nSPS) is 21.8. The van der Waals surface area contributed by atoms with Crippen LogP contribution in [0.2, 0.25) is 0 Å². The van der Waals surface area contributed by atoms with Crippen LogP contribution in [0.3, 0.4) is 0 Å². The zero-order valence-electron chi connectivity index (χ0n) is 11.1. The lowest BCUT2D eigenvalue weighted by atomic mass is 9.99. The fourth-order valence-corrected chi connectivity index (χ4v) is 2.66. The number of para-hydroxylation sites is 2. The Morgan fingerprint density at radius 2 is 2.32 bits per heavy atom. The Bertz CT molecular complexity index is 620. The van der Waals surface area contributed by atoms with E-state index in [0.717, 1.165) is 17.0 Å². The number of benzene rings is 1. The molecule has 0 aliphatic carbocycles. The predicted molar refractivity (Wildman–Crippen MR) is 73.1 cm³/mol. The Morgan fingerprint density at radius 3 is 3.11 bits per heavy atom. The number of carbonyl (C=O) groups excluding carboxylic acids is 1. The van der Waals surface area contributed by atoms with Crippen LogP contribution in [-0.2, 0) is 9.53 Å². The number of esters is 1. The van der Waals surface area contributed by atoms with E-state index in [1.807, 2.05) is 38.1 Å². The fourth-order valence-electron chi connectivity index (χ4n) is 2.66. The molecule has 0 bridgehead atoms. The molecule has 2 unspecified atom stereocenters. The van der Waals surface area contributed by atoms with Gasteiger partial charge in [0, 0.05) is 12.6 Å². The van der Waals surface area contributed by atoms with Crippen LogP contribution >= 0.6 is 0 Å². The third kappa shape index (κ3) is 1.85. The number of aromatic nitrogens is 2. The standard InChI is InChI=1S/C14H17N3O2/c1-3-19-13(18)10-8-15-14-16-11-6-4-5-7-12(11)17(14)9(10)2/h4-7,9-10H,3,8H2,1-2H3,(H,15,16). The maximum Gasteiger partial charge on any atom is 0.312 e. The molecule has 1 N–H and O–H groups in total. The van der Waals surface area contributed by atoms with Gasteiger partial charge in [-0.1, -0.05) is 12.1 Å². The summed E-state index contributed by atoms with van der Waals surface area (Å²) in [6, 6.07) is 8.00. The molecule has 100 valence electrons. The monoisotopic (exact) mass is 259 g/mol. The first-order valence-corrected chi connectivity index (χ1v) is 6.60. The second kappa shape index (κ2) is 4.57. The Hall–Kier alpha value is -2.04. The van der Waals surface area contributed by atoms with Gasteiger partial charge in [-0.05, 0) is 26.0 Å². The molecule has 3 rings (SSSR count). The van der Waals surface area contributed by atoms with Crippen molar-refractivity contribution in [1.82, 2.24) is 9.55 Å². The highest BCUT2D eigenvalue weighted by atomic mass is 16.5. The molecule has 0 saturated heterocycles. The molecule has 1 aliphatic rings. The Balaban J connectivity index is 2.02. The van der Waals surface area contributed by atoms with Crippen molar-refractivity contribution in [2.24, 2.45) is 5.92 Å². The van der Waals surface area contributed by atoms with Crippen molar-refractivity contribution < 1.29 is 9.53 Å². The fraction of sp³-hybridized carbons (Fsp3) is 0.429. The van der Waals surface area contributed by atoms with Crippen LogP contribution < -0.4 is 5.32 Å². The molecule has 0 fully saturated rings. The summed E-state index contributed by atoms with van der Waals surface area (Å²) in [6.45, 7) is 4.86. The second-order valence-corrected chi connectivity index (χ2v) is 4.77. The average molecular weight is 259 g/mol. The van der Waals surface area contributed by atoms with Crippen LogP contribution in [0.1, 0.15) is 19.9 Å². The quantitative estimate of drug-likeness (QED) is 0.840. The predicted octanol–water partition coefficient (Wildman–Crippen LogP) is 2.20. The SMILES string of the molecule is CCOC(=O)C1CNc2nc3ccccc3n2C1C. The highest BCUT2D eigenvalue weighted by Crippen LogP contribution is 2.32. The lowest BCUT2D eigenvalue weighted by Gasteiger charge is -2.30. The molecule has 2 atom stereocenters. The zero-order chi connectivity index (χ0) is 13.4. The first-order chi connectivity index (χ1) is 9.22. The summed E-state index contributed by atoms with van der Waals surface area (Å²) in [6.07, 6.45) is 0. The number of nitrogens with one attached hydrogen (secondary N) is 1. The molecular weight excluding hydrogens is 242 g/mol. The Kier molecular flexibility index (Phi) is 2.89. The lowest BCUT2D eigenvalue weighted by molar-refractivity contribution is -0.149. The van der Waals surface area contributed by atoms with Gasteiger partial charge in [0.15, 0.2) is 0 Å². The lowest BCUT2D eigenvalue weighted by Crippen LogP contribution is -2.37. The number of imidazole rings is 1. The summed E-state index contributed by atoms with van der Waals surface area (Å²) in [4.78, 5) is 16.5. The minimum atomic E-state index is -0.176. The van der Waals surface area contributed by atoms with Gasteiger partial charge in [-0.25, -0.2) is 4.98 Å². The van der Waals surface area contributed by atoms with Gasteiger partial charge < -0.3 is 14.6 Å². The summed E-state index contributed by atoms with van der Waals surface area (Å²) in [7, 11) is 0. The molecule has 5 nitrogen and oxygen atoms in total. The molecule has 2 heterocycles. The number of carbonyl (C=O) groups is 1. The summed E-state index contributed by atoms with van der Waals surface area (Å²) in [5, 5.41) is 3.22. The van der Waals surface area contributed by atoms with Crippen LogP contribution in [0.4, 0.5) is 5.95 Å². The van der Waals surface area contributed by atoms with Gasteiger partial charge in [0.1, 0.15) is 0 Å². The van der Waals surface area contributed by atoms with E-state index in [1.54, 1.807) is 0 Å². The van der Waals surface area contributed by atoms with E-state index in [-0.39, 0.29) is 17.9 Å². The molecule has 1 aromatic carbocycles. The molecule has 1 aliphatic heterocycles. The van der Waals surface area contributed by atoms with Crippen LogP contribution in [0.25, 0.3) is 11.0 Å². The molecular formula is C14H17N3O2. The summed E-state index contributed by atoms with van der Waals surface area (Å²) >= 11 is 0. The van der Waals surface area contributed by atoms with Crippen molar-refractivity contribution in [3.63, 3.8) is 0 Å². The minimum absolute atomic E-state index is 0.0442. The van der Waals surface area contributed by atoms with Gasteiger partial charge in [0.05, 0.1) is 23.6 Å². The number of ether oxygens (including phenoxy) is 1. The first kappa shape index (κ1) is 12.0. The van der Waals surface area contributed by atoms with Gasteiger partial charge in [0.2, 0.25) is 5.95 Å². The highest BCUT2D eigenvalue weighted by Gasteiger charge is 2.34. The topological polar surface area (TPSA) is 56.1 Å². The van der Waals surface area contributed by atoms with Gasteiger partial charge in [-0.2, -0.15) is 0 Å². The van der Waals surface area contributed by atoms with E-state index in [0.29, 0.717) is 13.2 Å². The number of fused-ring (bicyclic) bond motifs is 3. The average Bonchev–Trinajstić information content (AvgIpc) is 2.78. The Labute approximate surface area is 111 Å². The zero-order valence-corrected chi connectivity index (χ0v) is 11.1. The number of rotatable bonds is 2. The molecule has 1 aromatic heterocycles. The van der Waals surface area contributed by atoms with E-state index in [2.05, 4.69) is 14.9 Å². The van der Waals surface area contributed by atoms with Crippen LogP contribution in [0, 0.1) is 5.92 Å². The van der Waals surface area contributed by atoms with Crippen LogP contribution in [0.15, 0.2) is 24.3 Å². The molecule has 0 radical (unpaired) electrons. The smallest absolute Gasteiger partial charge is 0.312 e. The van der Waals surface area contributed by atoms with Gasteiger partial charge in [0.25, 0.3) is 0 Å². The molecule has 0 spiro atoms. The third-order valence-electron chi connectivity index (χ3n) is 3.65. The van der Waals surface area contributed by atoms with Crippen LogP contribution in [0.5, 0.6) is 0 Å². The molecule has 19 heavy (non-hydrogen) atoms. The second-order valence-electron chi connectivity index (χ2n) is 4.77. The van der Waals surface area contributed by atoms with E-state index >= 15 is 0 Å². The van der Waals surface area contributed by atoms with Gasteiger partial charge in [-0.15, -0.1) is 0 Å². The van der Waals surface area contributed by atoms with E-state index < -0.39 is 0 Å². The molecule has 0 saturated carbocycles. The summed E-state index contributed by atoms with van der Waals surface area (Å²) in [5.74, 6) is 0.505. The van der Waals surface area contributed by atoms with Crippen molar-refractivity contribution >= 4 is 23.0 Å². The molecule has 0 amide bonds. The van der Waals surface area contributed by atoms with Crippen molar-refractivity contribution in [3.05, 3.63) is 24.3 Å². The van der Waals surface area contributed by atoms with Crippen molar-refractivity contribution in [3.8, 4) is 0 Å². The first-order valence-electron chi connectivity index (χ1n) is 6.60. The number of hydrogen-bond donors (Lipinski definition) is 1. The van der Waals surface area contributed by atoms with E-state index in [4.69, 9.17) is 4.74 Å². The van der Waals surface area contributed by atoms with Crippen molar-refractivity contribution in [1.29, 1.82) is 0 Å². The highest BCUT2D eigenvalue weighted by molar-refractivity contribution is 5.81. The maximum absolute atomic E-state index is 12.0. The largest absolute Gasteiger partial charge is 0.466 e. The van der Waals surface area contributed by atoms with E-state index in [9.17, 15) is 4.79 Å². The summed E-state index contributed by atoms with van der Waals surface area (Å²) in [5.41, 5.74) is 1.99. The Morgan fingerprint density at radius 1 is 1.53 bits per heavy atom. The number of nitrogens with zero attached hydrogens (tertiary/aromatic N) is 2. The minimum Gasteiger partial charge on any atom is -0.466 e. The van der Waals surface area contributed by atoms with Crippen molar-refractivity contribution in [2.75, 3.05) is 18.5 Å². The van der Waals surface area contributed by atoms with E-state index in [1.165, 1.54) is 0 Å².